The quantitative estimate of drug-likeness (QED) is 0.739. The molecule has 1 N–H and O–H groups in total. The number of sulfonamides is 1. The molecule has 3 aliphatic heterocycles. The summed E-state index contributed by atoms with van der Waals surface area (Å²) in [5.41, 5.74) is 1.32. The molecule has 4 rings (SSSR count). The lowest BCUT2D eigenvalue weighted by molar-refractivity contribution is -0.132. The van der Waals surface area contributed by atoms with Crippen molar-refractivity contribution < 1.29 is 22.8 Å². The minimum atomic E-state index is -3.69. The highest BCUT2D eigenvalue weighted by atomic mass is 32.2. The van der Waals surface area contributed by atoms with Gasteiger partial charge in [-0.2, -0.15) is 4.31 Å². The number of nitrogens with zero attached hydrogens (tertiary/aromatic N) is 3. The lowest BCUT2D eigenvalue weighted by Crippen LogP contribution is -2.52. The van der Waals surface area contributed by atoms with Crippen molar-refractivity contribution in [1.29, 1.82) is 0 Å². The van der Waals surface area contributed by atoms with Crippen LogP contribution in [0.15, 0.2) is 23.1 Å². The molecular formula is C17H20N4O5S2. The Morgan fingerprint density at radius 2 is 1.86 bits per heavy atom. The van der Waals surface area contributed by atoms with Gasteiger partial charge < -0.3 is 15.1 Å². The average Bonchev–Trinajstić information content (AvgIpc) is 3.25. The third-order valence-electron chi connectivity index (χ3n) is 5.10. The molecule has 0 radical (unpaired) electrons. The van der Waals surface area contributed by atoms with Crippen LogP contribution in [0.5, 0.6) is 0 Å². The van der Waals surface area contributed by atoms with E-state index in [1.165, 1.54) is 33.1 Å². The Labute approximate surface area is 167 Å². The van der Waals surface area contributed by atoms with Gasteiger partial charge in [0.25, 0.3) is 5.24 Å². The first-order valence-electron chi connectivity index (χ1n) is 8.97. The van der Waals surface area contributed by atoms with Gasteiger partial charge in [0.2, 0.25) is 21.8 Å². The van der Waals surface area contributed by atoms with Crippen LogP contribution in [0.1, 0.15) is 5.56 Å². The number of piperazine rings is 1. The van der Waals surface area contributed by atoms with Crippen LogP contribution < -0.4 is 5.32 Å². The number of hydrogen-bond donors (Lipinski definition) is 1. The van der Waals surface area contributed by atoms with E-state index in [9.17, 15) is 22.8 Å². The molecule has 0 atom stereocenters. The standard InChI is InChI=1S/C17H20N4O5S2/c22-15-10-12-9-13(1-2-14(12)18-15)28(25,26)21-5-3-19(4-6-21)16(23)11-20-7-8-27-17(20)24/h1-2,9H,3-8,10-11H2,(H,18,22). The van der Waals surface area contributed by atoms with E-state index in [1.807, 2.05) is 0 Å². The summed E-state index contributed by atoms with van der Waals surface area (Å²) >= 11 is 1.21. The van der Waals surface area contributed by atoms with E-state index in [4.69, 9.17) is 0 Å². The fourth-order valence-electron chi connectivity index (χ4n) is 3.53. The van der Waals surface area contributed by atoms with Crippen LogP contribution in [0, 0.1) is 0 Å². The van der Waals surface area contributed by atoms with Crippen molar-refractivity contribution in [2.24, 2.45) is 0 Å². The van der Waals surface area contributed by atoms with Gasteiger partial charge in [-0.05, 0) is 23.8 Å². The van der Waals surface area contributed by atoms with E-state index < -0.39 is 10.0 Å². The Kier molecular flexibility index (Phi) is 5.06. The third kappa shape index (κ3) is 3.61. The minimum absolute atomic E-state index is 0.0461. The maximum Gasteiger partial charge on any atom is 0.282 e. The van der Waals surface area contributed by atoms with E-state index in [2.05, 4.69) is 5.32 Å². The molecule has 3 amide bonds. The molecule has 150 valence electrons. The second-order valence-corrected chi connectivity index (χ2v) is 9.85. The van der Waals surface area contributed by atoms with Crippen molar-refractivity contribution in [3.63, 3.8) is 0 Å². The Morgan fingerprint density at radius 1 is 1.11 bits per heavy atom. The second kappa shape index (κ2) is 7.37. The molecule has 9 nitrogen and oxygen atoms in total. The number of carbonyl (C=O) groups is 3. The Balaban J connectivity index is 1.39. The number of anilines is 1. The van der Waals surface area contributed by atoms with E-state index in [1.54, 1.807) is 11.0 Å². The molecular weight excluding hydrogens is 404 g/mol. The summed E-state index contributed by atoms with van der Waals surface area (Å²) in [7, 11) is -3.69. The number of amides is 3. The van der Waals surface area contributed by atoms with Gasteiger partial charge in [0, 0.05) is 44.2 Å². The summed E-state index contributed by atoms with van der Waals surface area (Å²) in [4.78, 5) is 38.8. The summed E-state index contributed by atoms with van der Waals surface area (Å²) in [6, 6.07) is 4.64. The molecule has 0 spiro atoms. The minimum Gasteiger partial charge on any atom is -0.339 e. The topological polar surface area (TPSA) is 107 Å². The molecule has 11 heteroatoms. The van der Waals surface area contributed by atoms with Gasteiger partial charge >= 0.3 is 0 Å². The van der Waals surface area contributed by atoms with Crippen LogP contribution in [-0.2, 0) is 26.0 Å². The normalized spacial score (nSPS) is 20.4. The Bertz CT molecular complexity index is 941. The predicted molar refractivity (Wildman–Crippen MR) is 104 cm³/mol. The average molecular weight is 425 g/mol. The van der Waals surface area contributed by atoms with Crippen molar-refractivity contribution in [3.8, 4) is 0 Å². The molecule has 0 aliphatic carbocycles. The van der Waals surface area contributed by atoms with Crippen molar-refractivity contribution in [3.05, 3.63) is 23.8 Å². The molecule has 0 unspecified atom stereocenters. The number of benzene rings is 1. The number of rotatable bonds is 4. The second-order valence-electron chi connectivity index (χ2n) is 6.86. The maximum absolute atomic E-state index is 12.9. The van der Waals surface area contributed by atoms with Crippen molar-refractivity contribution in [2.45, 2.75) is 11.3 Å². The summed E-state index contributed by atoms with van der Waals surface area (Å²) in [6.45, 7) is 1.59. The first-order valence-corrected chi connectivity index (χ1v) is 11.4. The molecule has 0 saturated carbocycles. The largest absolute Gasteiger partial charge is 0.339 e. The molecule has 3 heterocycles. The van der Waals surface area contributed by atoms with Gasteiger partial charge in [-0.3, -0.25) is 14.4 Å². The first kappa shape index (κ1) is 19.2. The lowest BCUT2D eigenvalue weighted by Gasteiger charge is -2.34. The molecule has 3 aliphatic rings. The van der Waals surface area contributed by atoms with E-state index in [0.29, 0.717) is 23.5 Å². The van der Waals surface area contributed by atoms with Crippen LogP contribution in [0.25, 0.3) is 0 Å². The molecule has 2 fully saturated rings. The third-order valence-corrected chi connectivity index (χ3v) is 7.89. The Hall–Kier alpha value is -2.11. The van der Waals surface area contributed by atoms with Gasteiger partial charge in [-0.15, -0.1) is 0 Å². The molecule has 28 heavy (non-hydrogen) atoms. The van der Waals surface area contributed by atoms with Gasteiger partial charge in [0.15, 0.2) is 0 Å². The fraction of sp³-hybridized carbons (Fsp3) is 0.471. The zero-order chi connectivity index (χ0) is 19.9. The van der Waals surface area contributed by atoms with E-state index >= 15 is 0 Å². The SMILES string of the molecule is O=C1Cc2cc(S(=O)(=O)N3CCN(C(=O)CN4CCSC4=O)CC3)ccc2N1. The molecule has 2 saturated heterocycles. The fourth-order valence-corrected chi connectivity index (χ4v) is 5.82. The van der Waals surface area contributed by atoms with Crippen LogP contribution in [0.4, 0.5) is 10.5 Å². The van der Waals surface area contributed by atoms with Crippen molar-refractivity contribution in [2.75, 3.05) is 50.3 Å². The zero-order valence-corrected chi connectivity index (χ0v) is 16.7. The van der Waals surface area contributed by atoms with E-state index in [-0.39, 0.29) is 61.1 Å². The van der Waals surface area contributed by atoms with Gasteiger partial charge in [0.05, 0.1) is 11.3 Å². The Morgan fingerprint density at radius 3 is 2.54 bits per heavy atom. The lowest BCUT2D eigenvalue weighted by atomic mass is 10.2. The monoisotopic (exact) mass is 424 g/mol. The molecule has 0 bridgehead atoms. The van der Waals surface area contributed by atoms with Crippen LogP contribution >= 0.6 is 11.8 Å². The van der Waals surface area contributed by atoms with E-state index in [0.717, 1.165) is 0 Å². The number of nitrogens with one attached hydrogen (secondary N) is 1. The molecule has 0 aromatic heterocycles. The predicted octanol–water partition coefficient (Wildman–Crippen LogP) is 0.183. The number of carbonyl (C=O) groups excluding carboxylic acids is 3. The van der Waals surface area contributed by atoms with Crippen molar-refractivity contribution in [1.82, 2.24) is 14.1 Å². The summed E-state index contributed by atoms with van der Waals surface area (Å²) in [6.07, 6.45) is 0.175. The van der Waals surface area contributed by atoms with Crippen molar-refractivity contribution >= 4 is 44.5 Å². The highest BCUT2D eigenvalue weighted by Crippen LogP contribution is 2.27. The number of thioether (sulfide) groups is 1. The van der Waals surface area contributed by atoms with Gasteiger partial charge in [-0.25, -0.2) is 8.42 Å². The summed E-state index contributed by atoms with van der Waals surface area (Å²) in [5, 5.41) is 2.60. The number of hydrogen-bond acceptors (Lipinski definition) is 6. The summed E-state index contributed by atoms with van der Waals surface area (Å²) in [5.74, 6) is 0.390. The highest BCUT2D eigenvalue weighted by Gasteiger charge is 2.32. The van der Waals surface area contributed by atoms with Crippen LogP contribution in [0.2, 0.25) is 0 Å². The van der Waals surface area contributed by atoms with Crippen LogP contribution in [-0.4, -0.2) is 84.6 Å². The smallest absolute Gasteiger partial charge is 0.282 e. The maximum atomic E-state index is 12.9. The van der Waals surface area contributed by atoms with Crippen LogP contribution in [0.3, 0.4) is 0 Å². The molecule has 1 aromatic rings. The molecule has 1 aromatic carbocycles. The van der Waals surface area contributed by atoms with Gasteiger partial charge in [0.1, 0.15) is 6.54 Å². The number of fused-ring (bicyclic) bond motifs is 1. The first-order chi connectivity index (χ1) is 13.3. The summed E-state index contributed by atoms with van der Waals surface area (Å²) < 4.78 is 27.2. The van der Waals surface area contributed by atoms with Gasteiger partial charge in [-0.1, -0.05) is 11.8 Å². The highest BCUT2D eigenvalue weighted by molar-refractivity contribution is 8.13. The zero-order valence-electron chi connectivity index (χ0n) is 15.1.